The highest BCUT2D eigenvalue weighted by molar-refractivity contribution is 5.69. The minimum absolute atomic E-state index is 0.368. The fraction of sp³-hybridized carbons (Fsp3) is 0.273. The number of benzene rings is 2. The summed E-state index contributed by atoms with van der Waals surface area (Å²) >= 11 is 0. The Kier molecular flexibility index (Phi) is 5.19. The summed E-state index contributed by atoms with van der Waals surface area (Å²) in [5.74, 6) is -0.332. The molecule has 1 aliphatic rings. The van der Waals surface area contributed by atoms with E-state index < -0.39 is 11.6 Å². The first kappa shape index (κ1) is 18.3. The van der Waals surface area contributed by atoms with Gasteiger partial charge in [0.1, 0.15) is 11.6 Å². The molecule has 1 aromatic heterocycles. The highest BCUT2D eigenvalue weighted by Gasteiger charge is 2.21. The van der Waals surface area contributed by atoms with Gasteiger partial charge in [-0.05, 0) is 61.2 Å². The molecule has 1 fully saturated rings. The van der Waals surface area contributed by atoms with E-state index in [0.29, 0.717) is 11.6 Å². The second kappa shape index (κ2) is 7.92. The summed E-state index contributed by atoms with van der Waals surface area (Å²) in [5, 5.41) is 3.60. The number of aryl methyl sites for hydroxylation is 1. The zero-order chi connectivity index (χ0) is 19.5. The van der Waals surface area contributed by atoms with Gasteiger partial charge in [0.25, 0.3) is 0 Å². The van der Waals surface area contributed by atoms with Crippen molar-refractivity contribution in [2.75, 3.05) is 23.3 Å². The van der Waals surface area contributed by atoms with Gasteiger partial charge in [0.05, 0.1) is 0 Å². The number of nitrogens with zero attached hydrogens (tertiary/aromatic N) is 3. The van der Waals surface area contributed by atoms with Crippen molar-refractivity contribution in [2.45, 2.75) is 25.8 Å². The van der Waals surface area contributed by atoms with Crippen molar-refractivity contribution < 1.29 is 8.78 Å². The number of anilines is 2. The molecule has 1 N–H and O–H groups in total. The van der Waals surface area contributed by atoms with E-state index in [4.69, 9.17) is 0 Å². The maximum atomic E-state index is 14.0. The van der Waals surface area contributed by atoms with Crippen LogP contribution in [-0.2, 0) is 0 Å². The van der Waals surface area contributed by atoms with Gasteiger partial charge < -0.3 is 10.2 Å². The molecule has 0 saturated carbocycles. The van der Waals surface area contributed by atoms with Gasteiger partial charge in [-0.25, -0.2) is 18.7 Å². The summed E-state index contributed by atoms with van der Waals surface area (Å²) in [5.41, 5.74) is 3.24. The molecule has 4 nitrogen and oxygen atoms in total. The van der Waals surface area contributed by atoms with E-state index in [1.165, 1.54) is 12.1 Å². The largest absolute Gasteiger partial charge is 0.382 e. The normalized spacial score (nSPS) is 14.9. The predicted octanol–water partition coefficient (Wildman–Crippen LogP) is 4.81. The van der Waals surface area contributed by atoms with E-state index in [1.807, 2.05) is 31.2 Å². The van der Waals surface area contributed by atoms with E-state index >= 15 is 0 Å². The van der Waals surface area contributed by atoms with Crippen LogP contribution >= 0.6 is 0 Å². The maximum absolute atomic E-state index is 14.0. The molecule has 0 atom stereocenters. The molecule has 1 saturated heterocycles. The first-order valence-corrected chi connectivity index (χ1v) is 9.45. The Balaban J connectivity index is 1.42. The third-order valence-electron chi connectivity index (χ3n) is 5.16. The van der Waals surface area contributed by atoms with Crippen LogP contribution in [0, 0.1) is 18.6 Å². The van der Waals surface area contributed by atoms with Gasteiger partial charge in [0.15, 0.2) is 0 Å². The smallest absolute Gasteiger partial charge is 0.225 e. The second-order valence-electron chi connectivity index (χ2n) is 7.11. The fourth-order valence-electron chi connectivity index (χ4n) is 3.62. The first-order valence-electron chi connectivity index (χ1n) is 9.45. The Morgan fingerprint density at radius 1 is 1.00 bits per heavy atom. The van der Waals surface area contributed by atoms with Crippen molar-refractivity contribution in [3.05, 3.63) is 72.1 Å². The lowest BCUT2D eigenvalue weighted by molar-refractivity contribution is 0.520. The number of aromatic nitrogens is 2. The standard InChI is InChI=1S/C22H22F2N4/c1-15-13-16(19-5-4-17(23)14-20(19)24)3-6-21(15)27-18-7-11-28(12-8-18)22-25-9-2-10-26-22/h2-6,9-10,13-14,18,27H,7-8,11-12H2,1H3. The number of rotatable bonds is 4. The molecule has 0 radical (unpaired) electrons. The number of hydrogen-bond acceptors (Lipinski definition) is 4. The molecule has 0 bridgehead atoms. The van der Waals surface area contributed by atoms with Gasteiger partial charge >= 0.3 is 0 Å². The van der Waals surface area contributed by atoms with Gasteiger partial charge in [-0.1, -0.05) is 6.07 Å². The molecule has 0 amide bonds. The Bertz CT molecular complexity index is 954. The average molecular weight is 380 g/mol. The van der Waals surface area contributed by atoms with Crippen molar-refractivity contribution in [3.63, 3.8) is 0 Å². The van der Waals surface area contributed by atoms with Crippen LogP contribution in [0.25, 0.3) is 11.1 Å². The van der Waals surface area contributed by atoms with Crippen LogP contribution in [0.5, 0.6) is 0 Å². The molecule has 2 aromatic carbocycles. The first-order chi connectivity index (χ1) is 13.6. The predicted molar refractivity (Wildman–Crippen MR) is 107 cm³/mol. The van der Waals surface area contributed by atoms with Crippen LogP contribution in [0.15, 0.2) is 54.9 Å². The van der Waals surface area contributed by atoms with E-state index in [9.17, 15) is 8.78 Å². The Labute approximate surface area is 163 Å². The van der Waals surface area contributed by atoms with Crippen LogP contribution < -0.4 is 10.2 Å². The molecular weight excluding hydrogens is 358 g/mol. The van der Waals surface area contributed by atoms with Crippen molar-refractivity contribution in [2.24, 2.45) is 0 Å². The molecule has 2 heterocycles. The van der Waals surface area contributed by atoms with E-state index in [2.05, 4.69) is 20.2 Å². The number of piperidine rings is 1. The van der Waals surface area contributed by atoms with Crippen molar-refractivity contribution >= 4 is 11.6 Å². The summed E-state index contributed by atoms with van der Waals surface area (Å²) in [6.07, 6.45) is 5.52. The molecule has 144 valence electrons. The Hall–Kier alpha value is -3.02. The van der Waals surface area contributed by atoms with Crippen LogP contribution in [0.4, 0.5) is 20.4 Å². The quantitative estimate of drug-likeness (QED) is 0.705. The highest BCUT2D eigenvalue weighted by atomic mass is 19.1. The average Bonchev–Trinajstić information content (AvgIpc) is 2.71. The molecule has 1 aliphatic heterocycles. The minimum atomic E-state index is -0.566. The SMILES string of the molecule is Cc1cc(-c2ccc(F)cc2F)ccc1NC1CCN(c2ncccn2)CC1. The monoisotopic (exact) mass is 380 g/mol. The summed E-state index contributed by atoms with van der Waals surface area (Å²) < 4.78 is 27.2. The lowest BCUT2D eigenvalue weighted by atomic mass is 10.00. The Morgan fingerprint density at radius 3 is 2.43 bits per heavy atom. The lowest BCUT2D eigenvalue weighted by Gasteiger charge is -2.33. The third kappa shape index (κ3) is 3.96. The molecule has 6 heteroatoms. The van der Waals surface area contributed by atoms with Gasteiger partial charge in [-0.3, -0.25) is 0 Å². The highest BCUT2D eigenvalue weighted by Crippen LogP contribution is 2.28. The molecule has 0 spiro atoms. The van der Waals surface area contributed by atoms with Crippen molar-refractivity contribution in [1.29, 1.82) is 0 Å². The molecule has 3 aromatic rings. The van der Waals surface area contributed by atoms with Crippen LogP contribution in [-0.4, -0.2) is 29.1 Å². The Morgan fingerprint density at radius 2 is 1.75 bits per heavy atom. The van der Waals surface area contributed by atoms with Gasteiger partial charge in [0, 0.05) is 48.8 Å². The minimum Gasteiger partial charge on any atom is -0.382 e. The van der Waals surface area contributed by atoms with E-state index in [1.54, 1.807) is 12.4 Å². The third-order valence-corrected chi connectivity index (χ3v) is 5.16. The number of nitrogens with one attached hydrogen (secondary N) is 1. The summed E-state index contributed by atoms with van der Waals surface area (Å²) in [6, 6.07) is 11.7. The molecular formula is C22H22F2N4. The van der Waals surface area contributed by atoms with Gasteiger partial charge in [-0.15, -0.1) is 0 Å². The van der Waals surface area contributed by atoms with Crippen molar-refractivity contribution in [3.8, 4) is 11.1 Å². The molecule has 0 unspecified atom stereocenters. The zero-order valence-electron chi connectivity index (χ0n) is 15.7. The summed E-state index contributed by atoms with van der Waals surface area (Å²) in [4.78, 5) is 10.8. The van der Waals surface area contributed by atoms with Crippen LogP contribution in [0.2, 0.25) is 0 Å². The van der Waals surface area contributed by atoms with E-state index in [-0.39, 0.29) is 0 Å². The molecule has 0 aliphatic carbocycles. The topological polar surface area (TPSA) is 41.0 Å². The summed E-state index contributed by atoms with van der Waals surface area (Å²) in [7, 11) is 0. The van der Waals surface area contributed by atoms with Crippen LogP contribution in [0.3, 0.4) is 0 Å². The molecule has 28 heavy (non-hydrogen) atoms. The van der Waals surface area contributed by atoms with Crippen molar-refractivity contribution in [1.82, 2.24) is 9.97 Å². The maximum Gasteiger partial charge on any atom is 0.225 e. The lowest BCUT2D eigenvalue weighted by Crippen LogP contribution is -2.40. The van der Waals surface area contributed by atoms with Gasteiger partial charge in [0.2, 0.25) is 5.95 Å². The van der Waals surface area contributed by atoms with E-state index in [0.717, 1.165) is 54.8 Å². The number of halogens is 2. The van der Waals surface area contributed by atoms with Gasteiger partial charge in [-0.2, -0.15) is 0 Å². The van der Waals surface area contributed by atoms with Crippen LogP contribution in [0.1, 0.15) is 18.4 Å². The summed E-state index contributed by atoms with van der Waals surface area (Å²) in [6.45, 7) is 3.80. The second-order valence-corrected chi connectivity index (χ2v) is 7.11. The number of hydrogen-bond donors (Lipinski definition) is 1. The zero-order valence-corrected chi connectivity index (χ0v) is 15.7. The molecule has 4 rings (SSSR count). The fourth-order valence-corrected chi connectivity index (χ4v) is 3.62.